The Hall–Kier alpha value is -1.74. The summed E-state index contributed by atoms with van der Waals surface area (Å²) in [5.41, 5.74) is 9.43. The van der Waals surface area contributed by atoms with Crippen LogP contribution in [-0.2, 0) is 14.3 Å². The molecule has 0 saturated heterocycles. The Balaban J connectivity index is 4.05. The minimum atomic E-state index is -0.894. The molecule has 0 aromatic rings. The molecule has 0 aliphatic rings. The van der Waals surface area contributed by atoms with Gasteiger partial charge >= 0.3 is 11.7 Å². The molecule has 0 aromatic carbocycles. The van der Waals surface area contributed by atoms with Crippen LogP contribution in [0.2, 0.25) is 0 Å². The lowest BCUT2D eigenvalue weighted by atomic mass is 9.97. The fourth-order valence-electron chi connectivity index (χ4n) is 1.84. The van der Waals surface area contributed by atoms with Gasteiger partial charge in [0.2, 0.25) is 0 Å². The third kappa shape index (κ3) is 7.64. The quantitative estimate of drug-likeness (QED) is 0.163. The first kappa shape index (κ1) is 18.3. The summed E-state index contributed by atoms with van der Waals surface area (Å²) in [5, 5.41) is 0. The molecule has 0 aliphatic carbocycles. The van der Waals surface area contributed by atoms with Crippen molar-refractivity contribution in [2.45, 2.75) is 52.9 Å². The molecule has 0 spiro atoms. The van der Waals surface area contributed by atoms with E-state index in [2.05, 4.69) is 36.4 Å². The van der Waals surface area contributed by atoms with E-state index in [0.717, 1.165) is 26.4 Å². The average molecular weight is 280 g/mol. The van der Waals surface area contributed by atoms with Crippen molar-refractivity contribution in [3.63, 3.8) is 0 Å². The van der Waals surface area contributed by atoms with Crippen LogP contribution < -0.4 is 0 Å². The Morgan fingerprint density at radius 1 is 1.30 bits per heavy atom. The van der Waals surface area contributed by atoms with Crippen molar-refractivity contribution in [1.82, 2.24) is 0 Å². The van der Waals surface area contributed by atoms with Crippen LogP contribution in [0.15, 0.2) is 11.6 Å². The Labute approximate surface area is 120 Å². The summed E-state index contributed by atoms with van der Waals surface area (Å²) in [6.07, 6.45) is 6.10. The van der Waals surface area contributed by atoms with E-state index in [1.54, 1.807) is 0 Å². The van der Waals surface area contributed by atoms with E-state index in [1.165, 1.54) is 5.57 Å². The molecule has 0 rings (SSSR count). The Bertz CT molecular complexity index is 417. The zero-order valence-electron chi connectivity index (χ0n) is 12.8. The maximum Gasteiger partial charge on any atom is 0.441 e. The predicted molar refractivity (Wildman–Crippen MR) is 77.3 cm³/mol. The van der Waals surface area contributed by atoms with Gasteiger partial charge in [0, 0.05) is 6.42 Å². The van der Waals surface area contributed by atoms with E-state index in [-0.39, 0.29) is 6.42 Å². The molecule has 5 nitrogen and oxygen atoms in total. The normalized spacial score (nSPS) is 11.2. The molecule has 0 radical (unpaired) electrons. The van der Waals surface area contributed by atoms with Crippen molar-refractivity contribution >= 4 is 17.5 Å². The molecule has 0 unspecified atom stereocenters. The van der Waals surface area contributed by atoms with E-state index < -0.39 is 17.5 Å². The highest BCUT2D eigenvalue weighted by atomic mass is 16.5. The lowest BCUT2D eigenvalue weighted by Gasteiger charge is -2.08. The van der Waals surface area contributed by atoms with Gasteiger partial charge in [-0.2, -0.15) is 4.79 Å². The minimum Gasteiger partial charge on any atom is -0.460 e. The van der Waals surface area contributed by atoms with Gasteiger partial charge in [-0.25, -0.2) is 4.79 Å². The third-order valence-electron chi connectivity index (χ3n) is 3.06. The molecule has 0 bridgehead atoms. The van der Waals surface area contributed by atoms with Crippen LogP contribution in [0.1, 0.15) is 52.9 Å². The molecule has 0 saturated carbocycles. The lowest BCUT2D eigenvalue weighted by molar-refractivity contribution is -0.139. The van der Waals surface area contributed by atoms with Crippen molar-refractivity contribution in [3.8, 4) is 0 Å². The maximum atomic E-state index is 11.7. The highest BCUT2D eigenvalue weighted by Crippen LogP contribution is 2.15. The summed E-state index contributed by atoms with van der Waals surface area (Å²) in [6.45, 7) is 6.29. The second-order valence-electron chi connectivity index (χ2n) is 5.22. The number of Topliss-reactive ketones (excluding diaryl/α,β-unsaturated/α-hetero) is 1. The number of esters is 1. The first-order valence-electron chi connectivity index (χ1n) is 6.89. The number of methoxy groups -OCH3 is 1. The molecule has 0 aliphatic heterocycles. The molecular formula is C15H24N2O3. The average Bonchev–Trinajstić information content (AvgIpc) is 2.38. The van der Waals surface area contributed by atoms with Crippen LogP contribution in [0, 0.1) is 5.92 Å². The smallest absolute Gasteiger partial charge is 0.441 e. The number of carbonyl (C=O) groups is 2. The fourth-order valence-corrected chi connectivity index (χ4v) is 1.84. The van der Waals surface area contributed by atoms with Crippen molar-refractivity contribution in [2.75, 3.05) is 7.11 Å². The molecule has 20 heavy (non-hydrogen) atoms. The zero-order valence-corrected chi connectivity index (χ0v) is 12.8. The Kier molecular flexibility index (Phi) is 9.22. The van der Waals surface area contributed by atoms with E-state index >= 15 is 0 Å². The monoisotopic (exact) mass is 280 g/mol. The molecule has 0 N–H and O–H groups in total. The number of allylic oxidation sites excluding steroid dienone is 2. The molecule has 5 heteroatoms. The second kappa shape index (κ2) is 10.1. The van der Waals surface area contributed by atoms with Gasteiger partial charge in [0.05, 0.1) is 7.11 Å². The predicted octanol–water partition coefficient (Wildman–Crippen LogP) is 2.95. The lowest BCUT2D eigenvalue weighted by Crippen LogP contribution is -2.26. The summed E-state index contributed by atoms with van der Waals surface area (Å²) >= 11 is 0. The van der Waals surface area contributed by atoms with Crippen LogP contribution in [-0.4, -0.2) is 29.4 Å². The van der Waals surface area contributed by atoms with Crippen molar-refractivity contribution in [2.24, 2.45) is 5.92 Å². The fraction of sp³-hybridized carbons (Fsp3) is 0.667. The van der Waals surface area contributed by atoms with E-state index in [0.29, 0.717) is 12.3 Å². The maximum absolute atomic E-state index is 11.7. The summed E-state index contributed by atoms with van der Waals surface area (Å²) < 4.78 is 4.37. The number of ketones is 1. The SMILES string of the molecule is COC(=O)C(=[N+]=[N-])C(=O)CCC[C@H](C)CCC=C(C)C. The van der Waals surface area contributed by atoms with Gasteiger partial charge in [0.25, 0.3) is 5.78 Å². The van der Waals surface area contributed by atoms with Gasteiger partial charge in [-0.05, 0) is 39.0 Å². The van der Waals surface area contributed by atoms with Crippen LogP contribution in [0.4, 0.5) is 0 Å². The highest BCUT2D eigenvalue weighted by molar-refractivity contribution is 6.62. The van der Waals surface area contributed by atoms with Crippen LogP contribution in [0.3, 0.4) is 0 Å². The van der Waals surface area contributed by atoms with Crippen molar-refractivity contribution < 1.29 is 19.1 Å². The molecule has 112 valence electrons. The van der Waals surface area contributed by atoms with Crippen LogP contribution in [0.25, 0.3) is 5.53 Å². The molecule has 0 fully saturated rings. The minimum absolute atomic E-state index is 0.196. The van der Waals surface area contributed by atoms with Crippen molar-refractivity contribution in [1.29, 1.82) is 0 Å². The van der Waals surface area contributed by atoms with Gasteiger partial charge in [-0.1, -0.05) is 25.0 Å². The summed E-state index contributed by atoms with van der Waals surface area (Å²) in [5.74, 6) is -0.851. The topological polar surface area (TPSA) is 79.8 Å². The second-order valence-corrected chi connectivity index (χ2v) is 5.22. The number of carbonyl (C=O) groups excluding carboxylic acids is 2. The van der Waals surface area contributed by atoms with Gasteiger partial charge in [0.1, 0.15) is 0 Å². The summed E-state index contributed by atoms with van der Waals surface area (Å²) in [7, 11) is 1.14. The van der Waals surface area contributed by atoms with E-state index in [9.17, 15) is 9.59 Å². The van der Waals surface area contributed by atoms with E-state index in [1.807, 2.05) is 0 Å². The van der Waals surface area contributed by atoms with Crippen molar-refractivity contribution in [3.05, 3.63) is 17.2 Å². The zero-order chi connectivity index (χ0) is 15.5. The van der Waals surface area contributed by atoms with Crippen LogP contribution in [0.5, 0.6) is 0 Å². The van der Waals surface area contributed by atoms with Gasteiger partial charge < -0.3 is 10.3 Å². The van der Waals surface area contributed by atoms with Gasteiger partial charge in [-0.3, -0.25) is 4.79 Å². The first-order valence-corrected chi connectivity index (χ1v) is 6.89. The number of rotatable bonds is 9. The third-order valence-corrected chi connectivity index (χ3v) is 3.06. The first-order chi connectivity index (χ1) is 9.42. The summed E-state index contributed by atoms with van der Waals surface area (Å²) in [6, 6.07) is 0. The molecule has 1 atom stereocenters. The largest absolute Gasteiger partial charge is 0.460 e. The van der Waals surface area contributed by atoms with Gasteiger partial charge in [-0.15, -0.1) is 0 Å². The Morgan fingerprint density at radius 2 is 1.95 bits per heavy atom. The van der Waals surface area contributed by atoms with Gasteiger partial charge in [0.15, 0.2) is 0 Å². The van der Waals surface area contributed by atoms with E-state index in [4.69, 9.17) is 5.53 Å². The number of nitrogens with zero attached hydrogens (tertiary/aromatic N) is 2. The Morgan fingerprint density at radius 3 is 2.45 bits per heavy atom. The number of hydrogen-bond donors (Lipinski definition) is 0. The highest BCUT2D eigenvalue weighted by Gasteiger charge is 2.29. The molecular weight excluding hydrogens is 256 g/mol. The number of hydrogen-bond acceptors (Lipinski definition) is 3. The molecule has 0 aromatic heterocycles. The number of ether oxygens (including phenoxy) is 1. The molecule has 0 heterocycles. The molecule has 0 amide bonds. The summed E-state index contributed by atoms with van der Waals surface area (Å²) in [4.78, 5) is 25.5. The standard InChI is InChI=1S/C15H24N2O3/c1-11(2)7-5-8-12(3)9-6-10-13(18)14(17-16)15(19)20-4/h7,12H,5-6,8-10H2,1-4H3/t12-/m1/s1. The van der Waals surface area contributed by atoms with Crippen LogP contribution >= 0.6 is 0 Å².